The monoisotopic (exact) mass is 178 g/mol. The lowest BCUT2D eigenvalue weighted by Crippen LogP contribution is -2.31. The van der Waals surface area contributed by atoms with Gasteiger partial charge in [-0.05, 0) is 37.4 Å². The molecule has 0 saturated carbocycles. The molecular formula is C11H18N2. The Morgan fingerprint density at radius 3 is 3.15 bits per heavy atom. The molecule has 0 bridgehead atoms. The van der Waals surface area contributed by atoms with E-state index in [4.69, 9.17) is 0 Å². The second kappa shape index (κ2) is 3.97. The third-order valence-corrected chi connectivity index (χ3v) is 3.09. The van der Waals surface area contributed by atoms with Crippen LogP contribution in [-0.4, -0.2) is 11.5 Å². The maximum Gasteiger partial charge on any atom is 0.0475 e. The van der Waals surface area contributed by atoms with E-state index in [-0.39, 0.29) is 0 Å². The van der Waals surface area contributed by atoms with E-state index in [0.717, 1.165) is 5.92 Å². The van der Waals surface area contributed by atoms with E-state index < -0.39 is 0 Å². The van der Waals surface area contributed by atoms with E-state index in [1.165, 1.54) is 31.5 Å². The minimum Gasteiger partial charge on any atom is -0.364 e. The summed E-state index contributed by atoms with van der Waals surface area (Å²) in [7, 11) is 0. The van der Waals surface area contributed by atoms with Gasteiger partial charge >= 0.3 is 0 Å². The maximum absolute atomic E-state index is 3.55. The molecule has 0 radical (unpaired) electrons. The first kappa shape index (κ1) is 8.82. The van der Waals surface area contributed by atoms with Gasteiger partial charge in [-0.25, -0.2) is 0 Å². The summed E-state index contributed by atoms with van der Waals surface area (Å²) >= 11 is 0. The Balaban J connectivity index is 2.00. The van der Waals surface area contributed by atoms with Gasteiger partial charge < -0.3 is 10.3 Å². The Hall–Kier alpha value is -0.760. The second-order valence-electron chi connectivity index (χ2n) is 3.93. The van der Waals surface area contributed by atoms with Crippen LogP contribution in [0.25, 0.3) is 0 Å². The molecule has 0 aromatic carbocycles. The molecule has 1 aliphatic rings. The van der Waals surface area contributed by atoms with Crippen molar-refractivity contribution in [3.8, 4) is 0 Å². The molecule has 1 aliphatic heterocycles. The normalized spacial score (nSPS) is 29.0. The molecule has 0 spiro atoms. The van der Waals surface area contributed by atoms with Crippen LogP contribution in [0, 0.1) is 5.92 Å². The van der Waals surface area contributed by atoms with Crippen molar-refractivity contribution in [1.82, 2.24) is 10.3 Å². The first-order valence-corrected chi connectivity index (χ1v) is 5.27. The van der Waals surface area contributed by atoms with E-state index in [0.29, 0.717) is 6.04 Å². The van der Waals surface area contributed by atoms with Crippen LogP contribution in [0.15, 0.2) is 18.3 Å². The molecule has 2 atom stereocenters. The van der Waals surface area contributed by atoms with Crippen LogP contribution in [0.5, 0.6) is 0 Å². The number of rotatable bonds is 2. The van der Waals surface area contributed by atoms with Crippen molar-refractivity contribution < 1.29 is 0 Å². The average molecular weight is 178 g/mol. The van der Waals surface area contributed by atoms with Gasteiger partial charge in [-0.1, -0.05) is 13.3 Å². The Morgan fingerprint density at radius 2 is 2.46 bits per heavy atom. The summed E-state index contributed by atoms with van der Waals surface area (Å²) in [5, 5.41) is 3.55. The quantitative estimate of drug-likeness (QED) is 0.715. The Kier molecular flexibility index (Phi) is 2.69. The highest BCUT2D eigenvalue weighted by Crippen LogP contribution is 2.27. The summed E-state index contributed by atoms with van der Waals surface area (Å²) in [5.74, 6) is 0.912. The van der Waals surface area contributed by atoms with Crippen LogP contribution in [0.2, 0.25) is 0 Å². The summed E-state index contributed by atoms with van der Waals surface area (Å²) in [6.07, 6.45) is 5.95. The van der Waals surface area contributed by atoms with Gasteiger partial charge in [-0.3, -0.25) is 0 Å². The van der Waals surface area contributed by atoms with Crippen LogP contribution >= 0.6 is 0 Å². The zero-order valence-corrected chi connectivity index (χ0v) is 8.22. The molecule has 72 valence electrons. The highest BCUT2D eigenvalue weighted by atomic mass is 14.9. The fraction of sp³-hybridized carbons (Fsp3) is 0.636. The van der Waals surface area contributed by atoms with Crippen molar-refractivity contribution in [2.45, 2.75) is 32.2 Å². The van der Waals surface area contributed by atoms with Crippen LogP contribution in [0.4, 0.5) is 0 Å². The van der Waals surface area contributed by atoms with Crippen molar-refractivity contribution in [3.63, 3.8) is 0 Å². The van der Waals surface area contributed by atoms with E-state index in [1.807, 2.05) is 6.20 Å². The predicted molar refractivity (Wildman–Crippen MR) is 54.6 cm³/mol. The number of H-pyrrole nitrogens is 1. The van der Waals surface area contributed by atoms with Crippen molar-refractivity contribution in [2.24, 2.45) is 5.92 Å². The van der Waals surface area contributed by atoms with Gasteiger partial charge in [0, 0.05) is 17.9 Å². The lowest BCUT2D eigenvalue weighted by atomic mass is 9.89. The van der Waals surface area contributed by atoms with E-state index in [9.17, 15) is 0 Å². The summed E-state index contributed by atoms with van der Waals surface area (Å²) in [6.45, 7) is 3.46. The number of hydrogen-bond donors (Lipinski definition) is 2. The van der Waals surface area contributed by atoms with E-state index >= 15 is 0 Å². The van der Waals surface area contributed by atoms with Gasteiger partial charge in [0.2, 0.25) is 0 Å². The SMILES string of the molecule is CCC1CCNC(c2ccc[nH]2)C1. The van der Waals surface area contributed by atoms with Gasteiger partial charge in [-0.2, -0.15) is 0 Å². The molecule has 1 saturated heterocycles. The van der Waals surface area contributed by atoms with Gasteiger partial charge in [-0.15, -0.1) is 0 Å². The molecule has 2 heterocycles. The van der Waals surface area contributed by atoms with Crippen LogP contribution in [-0.2, 0) is 0 Å². The number of hydrogen-bond acceptors (Lipinski definition) is 1. The maximum atomic E-state index is 3.55. The summed E-state index contributed by atoms with van der Waals surface area (Å²) in [5.41, 5.74) is 1.35. The highest BCUT2D eigenvalue weighted by molar-refractivity contribution is 5.10. The number of aromatic nitrogens is 1. The smallest absolute Gasteiger partial charge is 0.0475 e. The molecule has 2 heteroatoms. The van der Waals surface area contributed by atoms with Crippen LogP contribution < -0.4 is 5.32 Å². The summed E-state index contributed by atoms with van der Waals surface area (Å²) < 4.78 is 0. The molecule has 1 aromatic heterocycles. The van der Waals surface area contributed by atoms with Crippen molar-refractivity contribution in [2.75, 3.05) is 6.54 Å². The lowest BCUT2D eigenvalue weighted by Gasteiger charge is -2.29. The molecule has 13 heavy (non-hydrogen) atoms. The first-order valence-electron chi connectivity index (χ1n) is 5.27. The number of piperidine rings is 1. The first-order chi connectivity index (χ1) is 6.40. The minimum atomic E-state index is 0.564. The lowest BCUT2D eigenvalue weighted by molar-refractivity contribution is 0.296. The van der Waals surface area contributed by atoms with Gasteiger partial charge in [0.1, 0.15) is 0 Å². The largest absolute Gasteiger partial charge is 0.364 e. The van der Waals surface area contributed by atoms with Crippen molar-refractivity contribution >= 4 is 0 Å². The Morgan fingerprint density at radius 1 is 1.54 bits per heavy atom. The average Bonchev–Trinajstić information content (AvgIpc) is 2.71. The molecule has 2 nitrogen and oxygen atoms in total. The third kappa shape index (κ3) is 1.94. The molecular weight excluding hydrogens is 160 g/mol. The second-order valence-corrected chi connectivity index (χ2v) is 3.93. The topological polar surface area (TPSA) is 27.8 Å². The predicted octanol–water partition coefficient (Wildman–Crippen LogP) is 2.47. The van der Waals surface area contributed by atoms with Crippen LogP contribution in [0.3, 0.4) is 0 Å². The zero-order valence-electron chi connectivity index (χ0n) is 8.22. The fourth-order valence-corrected chi connectivity index (χ4v) is 2.16. The van der Waals surface area contributed by atoms with Crippen LogP contribution in [0.1, 0.15) is 37.9 Å². The Bertz CT molecular complexity index is 241. The number of nitrogens with one attached hydrogen (secondary N) is 2. The van der Waals surface area contributed by atoms with Crippen molar-refractivity contribution in [1.29, 1.82) is 0 Å². The summed E-state index contributed by atoms with van der Waals surface area (Å²) in [4.78, 5) is 3.29. The molecule has 1 aromatic rings. The molecule has 1 fully saturated rings. The minimum absolute atomic E-state index is 0.564. The zero-order chi connectivity index (χ0) is 9.10. The molecule has 2 unspecified atom stereocenters. The number of aromatic amines is 1. The molecule has 0 amide bonds. The van der Waals surface area contributed by atoms with Gasteiger partial charge in [0.25, 0.3) is 0 Å². The Labute approximate surface area is 79.7 Å². The van der Waals surface area contributed by atoms with Gasteiger partial charge in [0.05, 0.1) is 0 Å². The summed E-state index contributed by atoms with van der Waals surface area (Å²) in [6, 6.07) is 4.82. The van der Waals surface area contributed by atoms with E-state index in [2.05, 4.69) is 29.4 Å². The molecule has 2 N–H and O–H groups in total. The van der Waals surface area contributed by atoms with Gasteiger partial charge in [0.15, 0.2) is 0 Å². The molecule has 2 rings (SSSR count). The van der Waals surface area contributed by atoms with E-state index in [1.54, 1.807) is 0 Å². The fourth-order valence-electron chi connectivity index (χ4n) is 2.16. The standard InChI is InChI=1S/C11H18N2/c1-2-9-5-7-13-11(8-9)10-4-3-6-12-10/h3-4,6,9,11-13H,2,5,7-8H2,1H3. The third-order valence-electron chi connectivity index (χ3n) is 3.09. The molecule has 0 aliphatic carbocycles. The van der Waals surface area contributed by atoms with Crippen molar-refractivity contribution in [3.05, 3.63) is 24.0 Å². The highest BCUT2D eigenvalue weighted by Gasteiger charge is 2.21.